The third-order valence-electron chi connectivity index (χ3n) is 5.88. The second kappa shape index (κ2) is 8.59. The zero-order valence-corrected chi connectivity index (χ0v) is 17.9. The summed E-state index contributed by atoms with van der Waals surface area (Å²) in [5.41, 5.74) is -0.313. The van der Waals surface area contributed by atoms with Crippen molar-refractivity contribution in [1.29, 1.82) is 0 Å². The van der Waals surface area contributed by atoms with Crippen LogP contribution >= 0.6 is 11.6 Å². The van der Waals surface area contributed by atoms with E-state index in [0.717, 1.165) is 17.7 Å². The Morgan fingerprint density at radius 3 is 2.52 bits per heavy atom. The molecule has 2 aromatic rings. The van der Waals surface area contributed by atoms with Crippen molar-refractivity contribution in [1.82, 2.24) is 10.2 Å². The molecule has 0 aromatic heterocycles. The van der Waals surface area contributed by atoms with Crippen LogP contribution in [0, 0.1) is 5.92 Å². The maximum atomic E-state index is 12.9. The summed E-state index contributed by atoms with van der Waals surface area (Å²) in [6.45, 7) is 1.82. The van der Waals surface area contributed by atoms with Crippen LogP contribution in [0.5, 0.6) is 11.5 Å². The van der Waals surface area contributed by atoms with E-state index in [-0.39, 0.29) is 12.5 Å². The minimum atomic E-state index is -0.846. The fourth-order valence-electron chi connectivity index (χ4n) is 4.02. The lowest BCUT2D eigenvalue weighted by molar-refractivity contribution is -0.135. The Balaban J connectivity index is 1.35. The monoisotopic (exact) mass is 441 g/mol. The van der Waals surface area contributed by atoms with Crippen LogP contribution in [0.3, 0.4) is 0 Å². The maximum absolute atomic E-state index is 12.9. The first kappa shape index (κ1) is 21.2. The molecule has 1 aliphatic carbocycles. The number of carbonyl (C=O) groups is 3. The molecule has 0 unspecified atom stereocenters. The number of hydrogen-bond donors (Lipinski definition) is 2. The van der Waals surface area contributed by atoms with Crippen molar-refractivity contribution in [2.24, 2.45) is 5.92 Å². The van der Waals surface area contributed by atoms with E-state index >= 15 is 0 Å². The number of rotatable bonds is 5. The fourth-order valence-corrected chi connectivity index (χ4v) is 4.19. The smallest absolute Gasteiger partial charge is 0.325 e. The molecule has 31 heavy (non-hydrogen) atoms. The standard InChI is InChI=1S/C23H24ClN3O4/c1-15-10-12-23(13-11-15)21(29)27(22(30)26-23)14-20(28)25-16-6-8-17(9-7-16)31-19-5-3-2-4-18(19)24/h2-9,15H,10-14H2,1H3,(H,25,28)(H,26,30). The number of amides is 4. The predicted octanol–water partition coefficient (Wildman–Crippen LogP) is 4.57. The number of carbonyl (C=O) groups excluding carboxylic acids is 3. The summed E-state index contributed by atoms with van der Waals surface area (Å²) in [7, 11) is 0. The van der Waals surface area contributed by atoms with Gasteiger partial charge in [-0.15, -0.1) is 0 Å². The van der Waals surface area contributed by atoms with Gasteiger partial charge in [0, 0.05) is 5.69 Å². The second-order valence-corrected chi connectivity index (χ2v) is 8.60. The van der Waals surface area contributed by atoms with E-state index in [9.17, 15) is 14.4 Å². The lowest BCUT2D eigenvalue weighted by atomic mass is 9.77. The molecule has 1 heterocycles. The van der Waals surface area contributed by atoms with Crippen LogP contribution in [0.1, 0.15) is 32.6 Å². The zero-order valence-electron chi connectivity index (χ0n) is 17.2. The summed E-state index contributed by atoms with van der Waals surface area (Å²) in [6, 6.07) is 13.4. The molecule has 8 heteroatoms. The number of ether oxygens (including phenoxy) is 1. The highest BCUT2D eigenvalue weighted by Crippen LogP contribution is 2.36. The van der Waals surface area contributed by atoms with E-state index < -0.39 is 17.5 Å². The van der Waals surface area contributed by atoms with Gasteiger partial charge in [0.25, 0.3) is 5.91 Å². The van der Waals surface area contributed by atoms with Crippen molar-refractivity contribution < 1.29 is 19.1 Å². The number of imide groups is 1. The normalized spacial score (nSPS) is 23.0. The van der Waals surface area contributed by atoms with Crippen molar-refractivity contribution in [3.63, 3.8) is 0 Å². The number of hydrogen-bond acceptors (Lipinski definition) is 4. The minimum Gasteiger partial charge on any atom is -0.456 e. The molecule has 2 aromatic carbocycles. The van der Waals surface area contributed by atoms with Crippen LogP contribution in [-0.4, -0.2) is 34.8 Å². The molecular weight excluding hydrogens is 418 g/mol. The number of para-hydroxylation sites is 1. The van der Waals surface area contributed by atoms with Crippen LogP contribution in [0.2, 0.25) is 5.02 Å². The SMILES string of the molecule is CC1CCC2(CC1)NC(=O)N(CC(=O)Nc1ccc(Oc3ccccc3Cl)cc1)C2=O. The second-order valence-electron chi connectivity index (χ2n) is 8.19. The molecule has 1 saturated heterocycles. The molecule has 2 aliphatic rings. The van der Waals surface area contributed by atoms with E-state index in [1.807, 2.05) is 12.1 Å². The Bertz CT molecular complexity index is 1000. The Hall–Kier alpha value is -3.06. The average molecular weight is 442 g/mol. The average Bonchev–Trinajstić information content (AvgIpc) is 2.97. The van der Waals surface area contributed by atoms with Gasteiger partial charge in [0.2, 0.25) is 5.91 Å². The molecule has 1 saturated carbocycles. The molecule has 2 fully saturated rings. The van der Waals surface area contributed by atoms with Crippen LogP contribution in [-0.2, 0) is 9.59 Å². The summed E-state index contributed by atoms with van der Waals surface area (Å²) in [6.07, 6.45) is 3.00. The van der Waals surface area contributed by atoms with Crippen molar-refractivity contribution in [3.8, 4) is 11.5 Å². The third-order valence-corrected chi connectivity index (χ3v) is 6.19. The molecule has 4 amide bonds. The van der Waals surface area contributed by atoms with Crippen molar-refractivity contribution in [2.75, 3.05) is 11.9 Å². The maximum Gasteiger partial charge on any atom is 0.325 e. The molecule has 2 N–H and O–H groups in total. The third kappa shape index (κ3) is 4.51. The summed E-state index contributed by atoms with van der Waals surface area (Å²) >= 11 is 6.09. The molecule has 162 valence electrons. The minimum absolute atomic E-state index is 0.303. The highest BCUT2D eigenvalue weighted by atomic mass is 35.5. The topological polar surface area (TPSA) is 87.7 Å². The van der Waals surface area contributed by atoms with E-state index in [1.54, 1.807) is 36.4 Å². The number of urea groups is 1. The van der Waals surface area contributed by atoms with Crippen molar-refractivity contribution in [2.45, 2.75) is 38.1 Å². The number of halogens is 1. The highest BCUT2D eigenvalue weighted by Gasteiger charge is 2.52. The number of anilines is 1. The summed E-state index contributed by atoms with van der Waals surface area (Å²) in [5, 5.41) is 6.04. The van der Waals surface area contributed by atoms with Crippen LogP contribution in [0.25, 0.3) is 0 Å². The van der Waals surface area contributed by atoms with Crippen LogP contribution in [0.15, 0.2) is 48.5 Å². The Labute approximate surface area is 185 Å². The molecule has 7 nitrogen and oxygen atoms in total. The van der Waals surface area contributed by atoms with Gasteiger partial charge in [-0.1, -0.05) is 30.7 Å². The molecule has 4 rings (SSSR count). The first-order valence-electron chi connectivity index (χ1n) is 10.3. The number of nitrogens with zero attached hydrogens (tertiary/aromatic N) is 1. The van der Waals surface area contributed by atoms with Gasteiger partial charge in [0.15, 0.2) is 0 Å². The molecule has 1 aliphatic heterocycles. The first-order chi connectivity index (χ1) is 14.9. The van der Waals surface area contributed by atoms with Gasteiger partial charge in [0.05, 0.1) is 5.02 Å². The molecular formula is C23H24ClN3O4. The first-order valence-corrected chi connectivity index (χ1v) is 10.7. The summed E-state index contributed by atoms with van der Waals surface area (Å²) in [4.78, 5) is 38.7. The number of benzene rings is 2. The fraction of sp³-hybridized carbons (Fsp3) is 0.348. The zero-order chi connectivity index (χ0) is 22.0. The van der Waals surface area contributed by atoms with E-state index in [0.29, 0.717) is 41.0 Å². The molecule has 0 radical (unpaired) electrons. The Morgan fingerprint density at radius 1 is 1.16 bits per heavy atom. The van der Waals surface area contributed by atoms with E-state index in [1.165, 1.54) is 0 Å². The quantitative estimate of drug-likeness (QED) is 0.665. The summed E-state index contributed by atoms with van der Waals surface area (Å²) < 4.78 is 5.73. The Morgan fingerprint density at radius 2 is 1.84 bits per heavy atom. The summed E-state index contributed by atoms with van der Waals surface area (Å²) in [5.74, 6) is 0.893. The van der Waals surface area contributed by atoms with Gasteiger partial charge < -0.3 is 15.4 Å². The van der Waals surface area contributed by atoms with Gasteiger partial charge in [-0.3, -0.25) is 14.5 Å². The van der Waals surface area contributed by atoms with Crippen LogP contribution in [0.4, 0.5) is 10.5 Å². The molecule has 0 atom stereocenters. The largest absolute Gasteiger partial charge is 0.456 e. The highest BCUT2D eigenvalue weighted by molar-refractivity contribution is 6.32. The lowest BCUT2D eigenvalue weighted by Gasteiger charge is -2.33. The lowest BCUT2D eigenvalue weighted by Crippen LogP contribution is -2.49. The van der Waals surface area contributed by atoms with Gasteiger partial charge >= 0.3 is 6.03 Å². The van der Waals surface area contributed by atoms with E-state index in [2.05, 4.69) is 17.6 Å². The van der Waals surface area contributed by atoms with Gasteiger partial charge in [0.1, 0.15) is 23.6 Å². The molecule has 1 spiro atoms. The Kier molecular flexibility index (Phi) is 5.87. The van der Waals surface area contributed by atoms with Crippen LogP contribution < -0.4 is 15.4 Å². The van der Waals surface area contributed by atoms with E-state index in [4.69, 9.17) is 16.3 Å². The molecule has 0 bridgehead atoms. The predicted molar refractivity (Wildman–Crippen MR) is 117 cm³/mol. The number of nitrogens with one attached hydrogen (secondary N) is 2. The van der Waals surface area contributed by atoms with Gasteiger partial charge in [-0.05, 0) is 68.0 Å². The van der Waals surface area contributed by atoms with Gasteiger partial charge in [-0.2, -0.15) is 0 Å². The van der Waals surface area contributed by atoms with Crippen molar-refractivity contribution >= 4 is 35.1 Å². The van der Waals surface area contributed by atoms with Crippen molar-refractivity contribution in [3.05, 3.63) is 53.6 Å². The van der Waals surface area contributed by atoms with Gasteiger partial charge in [-0.25, -0.2) is 4.79 Å².